The molecule has 2 aromatic rings. The second kappa shape index (κ2) is 7.42. The molecule has 0 bridgehead atoms. The number of halogens is 2. The molecule has 0 aliphatic carbocycles. The van der Waals surface area contributed by atoms with Crippen LogP contribution in [0, 0.1) is 5.82 Å². The van der Waals surface area contributed by atoms with E-state index in [-0.39, 0.29) is 17.8 Å². The van der Waals surface area contributed by atoms with E-state index in [2.05, 4.69) is 0 Å². The third-order valence-electron chi connectivity index (χ3n) is 4.55. The predicted octanol–water partition coefficient (Wildman–Crippen LogP) is 3.73. The topological polar surface area (TPSA) is 32.8 Å². The standard InChI is InChI=1S/C19H20ClFN2O2/c1-13-19(24)23(16-5-7-17(25-2)8-6-16)10-9-22(13)12-14-3-4-15(20)11-18(14)21/h3-8,11,13H,9-10,12H2,1-2H3/t13-/m1/s1. The van der Waals surface area contributed by atoms with E-state index >= 15 is 0 Å². The van der Waals surface area contributed by atoms with Crippen LogP contribution in [0.2, 0.25) is 5.02 Å². The average molecular weight is 363 g/mol. The summed E-state index contributed by atoms with van der Waals surface area (Å²) in [5.74, 6) is 0.414. The molecule has 1 aliphatic rings. The Labute approximate surface area is 151 Å². The van der Waals surface area contributed by atoms with Gasteiger partial charge < -0.3 is 9.64 Å². The number of amides is 1. The summed E-state index contributed by atoms with van der Waals surface area (Å²) in [6, 6.07) is 11.7. The van der Waals surface area contributed by atoms with Crippen molar-refractivity contribution in [2.45, 2.75) is 19.5 Å². The number of rotatable bonds is 4. The molecule has 6 heteroatoms. The fraction of sp³-hybridized carbons (Fsp3) is 0.316. The van der Waals surface area contributed by atoms with E-state index in [0.29, 0.717) is 30.2 Å². The lowest BCUT2D eigenvalue weighted by Crippen LogP contribution is -2.55. The summed E-state index contributed by atoms with van der Waals surface area (Å²) < 4.78 is 19.2. The molecule has 1 atom stereocenters. The highest BCUT2D eigenvalue weighted by atomic mass is 35.5. The van der Waals surface area contributed by atoms with Crippen LogP contribution in [0.4, 0.5) is 10.1 Å². The lowest BCUT2D eigenvalue weighted by atomic mass is 10.1. The van der Waals surface area contributed by atoms with Gasteiger partial charge in [-0.15, -0.1) is 0 Å². The Morgan fingerprint density at radius 2 is 1.92 bits per heavy atom. The first-order valence-electron chi connectivity index (χ1n) is 8.13. The van der Waals surface area contributed by atoms with Crippen molar-refractivity contribution in [2.75, 3.05) is 25.1 Å². The van der Waals surface area contributed by atoms with E-state index in [0.717, 1.165) is 11.4 Å². The van der Waals surface area contributed by atoms with Gasteiger partial charge in [0.05, 0.1) is 13.2 Å². The van der Waals surface area contributed by atoms with Crippen LogP contribution in [-0.2, 0) is 11.3 Å². The average Bonchev–Trinajstić information content (AvgIpc) is 2.61. The summed E-state index contributed by atoms with van der Waals surface area (Å²) >= 11 is 5.80. The lowest BCUT2D eigenvalue weighted by molar-refractivity contribution is -0.125. The van der Waals surface area contributed by atoms with Gasteiger partial charge in [0.25, 0.3) is 0 Å². The molecule has 0 radical (unpaired) electrons. The maximum absolute atomic E-state index is 14.0. The van der Waals surface area contributed by atoms with Crippen molar-refractivity contribution < 1.29 is 13.9 Å². The van der Waals surface area contributed by atoms with Gasteiger partial charge in [-0.05, 0) is 43.3 Å². The molecule has 1 amide bonds. The Balaban J connectivity index is 1.72. The maximum Gasteiger partial charge on any atom is 0.244 e. The molecule has 1 fully saturated rings. The summed E-state index contributed by atoms with van der Waals surface area (Å²) in [7, 11) is 1.61. The normalized spacial score (nSPS) is 18.5. The first kappa shape index (κ1) is 17.7. The van der Waals surface area contributed by atoms with Crippen molar-refractivity contribution in [1.29, 1.82) is 0 Å². The summed E-state index contributed by atoms with van der Waals surface area (Å²) in [6.45, 7) is 3.46. The van der Waals surface area contributed by atoms with Gasteiger partial charge in [-0.1, -0.05) is 17.7 Å². The quantitative estimate of drug-likeness (QED) is 0.831. The number of anilines is 1. The molecular weight excluding hydrogens is 343 g/mol. The Hall–Kier alpha value is -2.11. The van der Waals surface area contributed by atoms with Crippen LogP contribution in [0.1, 0.15) is 12.5 Å². The number of ether oxygens (including phenoxy) is 1. The molecular formula is C19H20ClFN2O2. The minimum Gasteiger partial charge on any atom is -0.497 e. The minimum absolute atomic E-state index is 0.00536. The monoisotopic (exact) mass is 362 g/mol. The molecule has 0 aromatic heterocycles. The second-order valence-electron chi connectivity index (χ2n) is 6.07. The number of hydrogen-bond donors (Lipinski definition) is 0. The third-order valence-corrected chi connectivity index (χ3v) is 4.79. The van der Waals surface area contributed by atoms with E-state index in [1.54, 1.807) is 24.1 Å². The maximum atomic E-state index is 14.0. The highest BCUT2D eigenvalue weighted by molar-refractivity contribution is 6.30. The summed E-state index contributed by atoms with van der Waals surface area (Å²) in [5.41, 5.74) is 1.39. The van der Waals surface area contributed by atoms with Crippen LogP contribution in [0.3, 0.4) is 0 Å². The highest BCUT2D eigenvalue weighted by Crippen LogP contribution is 2.25. The van der Waals surface area contributed by atoms with Crippen molar-refractivity contribution >= 4 is 23.2 Å². The number of hydrogen-bond acceptors (Lipinski definition) is 3. The fourth-order valence-corrected chi connectivity index (χ4v) is 3.18. The van der Waals surface area contributed by atoms with E-state index < -0.39 is 0 Å². The Morgan fingerprint density at radius 1 is 1.20 bits per heavy atom. The molecule has 0 saturated carbocycles. The van der Waals surface area contributed by atoms with E-state index in [1.807, 2.05) is 36.1 Å². The van der Waals surface area contributed by atoms with E-state index in [9.17, 15) is 9.18 Å². The van der Waals surface area contributed by atoms with Gasteiger partial charge in [-0.2, -0.15) is 0 Å². The zero-order valence-corrected chi connectivity index (χ0v) is 15.0. The number of piperazine rings is 1. The van der Waals surface area contributed by atoms with Crippen LogP contribution in [0.5, 0.6) is 5.75 Å². The Kier molecular flexibility index (Phi) is 5.25. The number of carbonyl (C=O) groups is 1. The molecule has 3 rings (SSSR count). The molecule has 1 aliphatic heterocycles. The van der Waals surface area contributed by atoms with Gasteiger partial charge in [-0.25, -0.2) is 4.39 Å². The van der Waals surface area contributed by atoms with Crippen molar-refractivity contribution in [3.05, 3.63) is 58.9 Å². The molecule has 0 spiro atoms. The van der Waals surface area contributed by atoms with Crippen LogP contribution in [0.15, 0.2) is 42.5 Å². The van der Waals surface area contributed by atoms with Crippen molar-refractivity contribution in [1.82, 2.24) is 4.90 Å². The Bertz CT molecular complexity index is 767. The SMILES string of the molecule is COc1ccc(N2CCN(Cc3ccc(Cl)cc3F)[C@H](C)C2=O)cc1. The molecule has 4 nitrogen and oxygen atoms in total. The van der Waals surface area contributed by atoms with Crippen LogP contribution < -0.4 is 9.64 Å². The second-order valence-corrected chi connectivity index (χ2v) is 6.51. The molecule has 1 saturated heterocycles. The van der Waals surface area contributed by atoms with E-state index in [4.69, 9.17) is 16.3 Å². The molecule has 0 unspecified atom stereocenters. The molecule has 132 valence electrons. The smallest absolute Gasteiger partial charge is 0.244 e. The third kappa shape index (κ3) is 3.78. The van der Waals surface area contributed by atoms with Crippen molar-refractivity contribution in [3.8, 4) is 5.75 Å². The number of methoxy groups -OCH3 is 1. The van der Waals surface area contributed by atoms with Gasteiger partial charge in [0.15, 0.2) is 0 Å². The molecule has 0 N–H and O–H groups in total. The summed E-state index contributed by atoms with van der Waals surface area (Å²) in [5, 5.41) is 0.370. The van der Waals surface area contributed by atoms with E-state index in [1.165, 1.54) is 6.07 Å². The fourth-order valence-electron chi connectivity index (χ4n) is 3.02. The van der Waals surface area contributed by atoms with Crippen LogP contribution in [0.25, 0.3) is 0 Å². The van der Waals surface area contributed by atoms with Gasteiger partial charge in [0.1, 0.15) is 11.6 Å². The molecule has 2 aromatic carbocycles. The van der Waals surface area contributed by atoms with Gasteiger partial charge >= 0.3 is 0 Å². The lowest BCUT2D eigenvalue weighted by Gasteiger charge is -2.39. The first-order chi connectivity index (χ1) is 12.0. The highest BCUT2D eigenvalue weighted by Gasteiger charge is 2.32. The van der Waals surface area contributed by atoms with Crippen LogP contribution >= 0.6 is 11.6 Å². The van der Waals surface area contributed by atoms with Gasteiger partial charge in [0.2, 0.25) is 5.91 Å². The molecule has 25 heavy (non-hydrogen) atoms. The largest absolute Gasteiger partial charge is 0.497 e. The first-order valence-corrected chi connectivity index (χ1v) is 8.51. The summed E-state index contributed by atoms with van der Waals surface area (Å²) in [4.78, 5) is 16.5. The number of nitrogens with zero attached hydrogens (tertiary/aromatic N) is 2. The zero-order valence-electron chi connectivity index (χ0n) is 14.2. The number of carbonyl (C=O) groups excluding carboxylic acids is 1. The Morgan fingerprint density at radius 3 is 2.56 bits per heavy atom. The predicted molar refractivity (Wildman–Crippen MR) is 96.6 cm³/mol. The number of benzene rings is 2. The minimum atomic E-state index is -0.343. The van der Waals surface area contributed by atoms with Crippen molar-refractivity contribution in [3.63, 3.8) is 0 Å². The zero-order chi connectivity index (χ0) is 18.0. The van der Waals surface area contributed by atoms with Gasteiger partial charge in [0, 0.05) is 35.9 Å². The van der Waals surface area contributed by atoms with Crippen molar-refractivity contribution in [2.24, 2.45) is 0 Å². The van der Waals surface area contributed by atoms with Gasteiger partial charge in [-0.3, -0.25) is 9.69 Å². The molecule has 1 heterocycles. The van der Waals surface area contributed by atoms with Crippen LogP contribution in [-0.4, -0.2) is 37.0 Å². The summed E-state index contributed by atoms with van der Waals surface area (Å²) in [6.07, 6.45) is 0.